The molecule has 23 heavy (non-hydrogen) atoms. The van der Waals surface area contributed by atoms with Crippen LogP contribution in [0.2, 0.25) is 0 Å². The molecular formula is C18H22N2O3. The Balaban J connectivity index is 1.60. The number of amides is 1. The third-order valence-electron chi connectivity index (χ3n) is 4.39. The number of carbonyl (C=O) groups excluding carboxylic acids is 1. The second-order valence-electron chi connectivity index (χ2n) is 6.35. The van der Waals surface area contributed by atoms with E-state index in [1.807, 2.05) is 4.90 Å². The zero-order chi connectivity index (χ0) is 16.2. The number of rotatable bonds is 6. The van der Waals surface area contributed by atoms with Gasteiger partial charge >= 0.3 is 0 Å². The van der Waals surface area contributed by atoms with Crippen molar-refractivity contribution >= 4 is 5.91 Å². The van der Waals surface area contributed by atoms with Gasteiger partial charge in [0.25, 0.3) is 5.91 Å². The minimum absolute atomic E-state index is 0.0451. The van der Waals surface area contributed by atoms with E-state index in [-0.39, 0.29) is 5.91 Å². The van der Waals surface area contributed by atoms with E-state index in [9.17, 15) is 4.79 Å². The minimum Gasteiger partial charge on any atom is -0.481 e. The number of benzene rings is 1. The molecule has 5 nitrogen and oxygen atoms in total. The number of carbonyl (C=O) groups is 1. The molecule has 1 saturated heterocycles. The molecule has 3 rings (SSSR count). The summed E-state index contributed by atoms with van der Waals surface area (Å²) in [6.07, 6.45) is 2.68. The van der Waals surface area contributed by atoms with Crippen LogP contribution in [0.3, 0.4) is 0 Å². The molecule has 1 aliphatic carbocycles. The van der Waals surface area contributed by atoms with Gasteiger partial charge < -0.3 is 14.4 Å². The monoisotopic (exact) mass is 314 g/mol. The molecule has 1 heterocycles. The van der Waals surface area contributed by atoms with E-state index in [1.165, 1.54) is 0 Å². The van der Waals surface area contributed by atoms with Gasteiger partial charge in [-0.3, -0.25) is 4.79 Å². The minimum atomic E-state index is -0.522. The lowest BCUT2D eigenvalue weighted by molar-refractivity contribution is -0.139. The largest absolute Gasteiger partial charge is 0.481 e. The number of hydrogen-bond acceptors (Lipinski definition) is 4. The second-order valence-corrected chi connectivity index (χ2v) is 6.35. The Morgan fingerprint density at radius 1 is 1.39 bits per heavy atom. The third-order valence-corrected chi connectivity index (χ3v) is 4.39. The molecule has 1 aromatic rings. The maximum atomic E-state index is 12.7. The molecule has 0 radical (unpaired) electrons. The van der Waals surface area contributed by atoms with E-state index in [4.69, 9.17) is 14.7 Å². The van der Waals surface area contributed by atoms with Gasteiger partial charge in [0.1, 0.15) is 5.75 Å². The van der Waals surface area contributed by atoms with E-state index < -0.39 is 6.10 Å². The molecule has 0 spiro atoms. The highest BCUT2D eigenvalue weighted by molar-refractivity contribution is 5.81. The van der Waals surface area contributed by atoms with Gasteiger partial charge in [-0.2, -0.15) is 5.26 Å². The van der Waals surface area contributed by atoms with Crippen LogP contribution in [0.15, 0.2) is 24.3 Å². The first-order chi connectivity index (χ1) is 11.2. The van der Waals surface area contributed by atoms with E-state index in [0.29, 0.717) is 23.3 Å². The van der Waals surface area contributed by atoms with Crippen LogP contribution in [0.4, 0.5) is 0 Å². The molecule has 1 amide bonds. The summed E-state index contributed by atoms with van der Waals surface area (Å²) in [5, 5.41) is 8.81. The number of hydrogen-bond donors (Lipinski definition) is 0. The lowest BCUT2D eigenvalue weighted by Crippen LogP contribution is -2.44. The summed E-state index contributed by atoms with van der Waals surface area (Å²) < 4.78 is 11.2. The van der Waals surface area contributed by atoms with Gasteiger partial charge in [-0.05, 0) is 50.5 Å². The fourth-order valence-corrected chi connectivity index (χ4v) is 2.91. The average Bonchev–Trinajstić information content (AvgIpc) is 3.28. The number of ether oxygens (including phenoxy) is 2. The molecule has 1 aromatic carbocycles. The fraction of sp³-hybridized carbons (Fsp3) is 0.556. The molecule has 0 N–H and O–H groups in total. The van der Waals surface area contributed by atoms with Gasteiger partial charge in [-0.15, -0.1) is 0 Å². The predicted octanol–water partition coefficient (Wildman–Crippen LogP) is 2.35. The molecule has 2 atom stereocenters. The van der Waals surface area contributed by atoms with Crippen molar-refractivity contribution < 1.29 is 14.3 Å². The van der Waals surface area contributed by atoms with Crippen LogP contribution >= 0.6 is 0 Å². The molecule has 2 unspecified atom stereocenters. The normalized spacial score (nSPS) is 21.5. The molecular weight excluding hydrogens is 292 g/mol. The van der Waals surface area contributed by atoms with Gasteiger partial charge in [0.15, 0.2) is 6.10 Å². The molecule has 2 aliphatic rings. The number of nitriles is 1. The van der Waals surface area contributed by atoms with E-state index in [0.717, 1.165) is 39.0 Å². The number of nitrogens with zero attached hydrogens (tertiary/aromatic N) is 2. The topological polar surface area (TPSA) is 62.6 Å². The van der Waals surface area contributed by atoms with Gasteiger partial charge in [-0.25, -0.2) is 0 Å². The van der Waals surface area contributed by atoms with Gasteiger partial charge in [0, 0.05) is 25.1 Å². The first kappa shape index (κ1) is 15.8. The van der Waals surface area contributed by atoms with Crippen LogP contribution in [0.1, 0.15) is 31.7 Å². The summed E-state index contributed by atoms with van der Waals surface area (Å²) in [6.45, 7) is 4.11. The van der Waals surface area contributed by atoms with Crippen LogP contribution < -0.4 is 4.74 Å². The highest BCUT2D eigenvalue weighted by atomic mass is 16.5. The fourth-order valence-electron chi connectivity index (χ4n) is 2.91. The zero-order valence-electron chi connectivity index (χ0n) is 13.4. The Hall–Kier alpha value is -2.06. The quantitative estimate of drug-likeness (QED) is 0.808. The molecule has 122 valence electrons. The van der Waals surface area contributed by atoms with Crippen molar-refractivity contribution in [3.8, 4) is 11.8 Å². The Labute approximate surface area is 136 Å². The smallest absolute Gasteiger partial charge is 0.263 e. The van der Waals surface area contributed by atoms with Gasteiger partial charge in [0.2, 0.25) is 0 Å². The van der Waals surface area contributed by atoms with Crippen LogP contribution in [0.5, 0.6) is 5.75 Å². The SMILES string of the molecule is CC(Oc1ccc(C#N)cc1)C(=O)N(CC1CCOC1)C1CC1. The molecule has 2 fully saturated rings. The van der Waals surface area contributed by atoms with Crippen molar-refractivity contribution in [1.29, 1.82) is 5.26 Å². The maximum absolute atomic E-state index is 12.7. The van der Waals surface area contributed by atoms with Crippen LogP contribution in [-0.4, -0.2) is 42.7 Å². The molecule has 1 aliphatic heterocycles. The van der Waals surface area contributed by atoms with E-state index in [1.54, 1.807) is 31.2 Å². The summed E-state index contributed by atoms with van der Waals surface area (Å²) in [5.41, 5.74) is 0.581. The molecule has 0 aromatic heterocycles. The standard InChI is InChI=1S/C18H22N2O3/c1-13(23-17-6-2-14(10-19)3-7-17)18(21)20(16-4-5-16)11-15-8-9-22-12-15/h2-3,6-7,13,15-16H,4-5,8-9,11-12H2,1H3. The second kappa shape index (κ2) is 7.01. The van der Waals surface area contributed by atoms with Crippen molar-refractivity contribution in [1.82, 2.24) is 4.90 Å². The van der Waals surface area contributed by atoms with Crippen molar-refractivity contribution in [2.45, 2.75) is 38.3 Å². The highest BCUT2D eigenvalue weighted by Crippen LogP contribution is 2.30. The summed E-state index contributed by atoms with van der Waals surface area (Å²) in [4.78, 5) is 14.7. The Morgan fingerprint density at radius 3 is 2.70 bits per heavy atom. The van der Waals surface area contributed by atoms with Crippen molar-refractivity contribution in [2.24, 2.45) is 5.92 Å². The summed E-state index contributed by atoms with van der Waals surface area (Å²) in [5.74, 6) is 1.11. The Morgan fingerprint density at radius 2 is 2.13 bits per heavy atom. The van der Waals surface area contributed by atoms with Crippen LogP contribution in [-0.2, 0) is 9.53 Å². The highest BCUT2D eigenvalue weighted by Gasteiger charge is 2.37. The molecule has 1 saturated carbocycles. The maximum Gasteiger partial charge on any atom is 0.263 e. The average molecular weight is 314 g/mol. The Bertz CT molecular complexity index is 583. The van der Waals surface area contributed by atoms with Crippen molar-refractivity contribution in [3.63, 3.8) is 0 Å². The first-order valence-electron chi connectivity index (χ1n) is 8.22. The van der Waals surface area contributed by atoms with E-state index >= 15 is 0 Å². The van der Waals surface area contributed by atoms with Crippen molar-refractivity contribution in [3.05, 3.63) is 29.8 Å². The first-order valence-corrected chi connectivity index (χ1v) is 8.22. The summed E-state index contributed by atoms with van der Waals surface area (Å²) in [7, 11) is 0. The van der Waals surface area contributed by atoms with E-state index in [2.05, 4.69) is 6.07 Å². The lowest BCUT2D eigenvalue weighted by Gasteiger charge is -2.28. The Kier molecular flexibility index (Phi) is 4.82. The lowest BCUT2D eigenvalue weighted by atomic mass is 10.1. The third kappa shape index (κ3) is 4.02. The summed E-state index contributed by atoms with van der Waals surface area (Å²) >= 11 is 0. The predicted molar refractivity (Wildman–Crippen MR) is 84.9 cm³/mol. The molecule has 0 bridgehead atoms. The van der Waals surface area contributed by atoms with Gasteiger partial charge in [0.05, 0.1) is 18.2 Å². The summed E-state index contributed by atoms with van der Waals surface area (Å²) in [6, 6.07) is 9.29. The van der Waals surface area contributed by atoms with Crippen molar-refractivity contribution in [2.75, 3.05) is 19.8 Å². The van der Waals surface area contributed by atoms with Crippen LogP contribution in [0.25, 0.3) is 0 Å². The zero-order valence-corrected chi connectivity index (χ0v) is 13.4. The molecule has 5 heteroatoms. The van der Waals surface area contributed by atoms with Gasteiger partial charge in [-0.1, -0.05) is 0 Å². The van der Waals surface area contributed by atoms with Crippen LogP contribution in [0, 0.1) is 17.2 Å².